The number of hydrogen-bond acceptors (Lipinski definition) is 6. The number of aromatic nitrogens is 1. The molecule has 2 N–H and O–H groups in total. The average Bonchev–Trinajstić information content (AvgIpc) is 2.78. The number of nitrogens with zero attached hydrogens (tertiary/aromatic N) is 2. The lowest BCUT2D eigenvalue weighted by Crippen LogP contribution is -2.13. The Kier molecular flexibility index (Phi) is 5.77. The number of nitriles is 1. The summed E-state index contributed by atoms with van der Waals surface area (Å²) in [6.45, 7) is 0. The van der Waals surface area contributed by atoms with Crippen molar-refractivity contribution in [2.45, 2.75) is 4.90 Å². The van der Waals surface area contributed by atoms with Crippen molar-refractivity contribution in [3.8, 4) is 28.7 Å². The highest BCUT2D eigenvalue weighted by atomic mass is 35.5. The van der Waals surface area contributed by atoms with Crippen molar-refractivity contribution in [2.24, 2.45) is 5.73 Å². The van der Waals surface area contributed by atoms with Crippen LogP contribution in [0.1, 0.15) is 15.9 Å². The Morgan fingerprint density at radius 2 is 1.82 bits per heavy atom. The molecule has 3 aromatic carbocycles. The molecule has 4 rings (SSSR count). The van der Waals surface area contributed by atoms with Gasteiger partial charge in [-0.1, -0.05) is 29.8 Å². The van der Waals surface area contributed by atoms with E-state index in [0.29, 0.717) is 44.1 Å². The molecule has 33 heavy (non-hydrogen) atoms. The lowest BCUT2D eigenvalue weighted by Gasteiger charge is -2.15. The normalized spacial score (nSPS) is 11.2. The number of ether oxygens (including phenoxy) is 1. The van der Waals surface area contributed by atoms with E-state index in [1.807, 2.05) is 0 Å². The number of rotatable bonds is 5. The van der Waals surface area contributed by atoms with Crippen LogP contribution >= 0.6 is 11.6 Å². The van der Waals surface area contributed by atoms with Gasteiger partial charge >= 0.3 is 0 Å². The van der Waals surface area contributed by atoms with Crippen LogP contribution < -0.4 is 10.5 Å². The molecule has 0 aliphatic rings. The number of pyridine rings is 1. The van der Waals surface area contributed by atoms with Crippen LogP contribution in [0.25, 0.3) is 22.0 Å². The second-order valence-electron chi connectivity index (χ2n) is 7.22. The summed E-state index contributed by atoms with van der Waals surface area (Å²) in [5.74, 6) is -0.0328. The molecule has 7 nitrogen and oxygen atoms in total. The number of benzene rings is 3. The summed E-state index contributed by atoms with van der Waals surface area (Å²) in [6, 6.07) is 18.0. The molecule has 0 fully saturated rings. The molecule has 0 saturated heterocycles. The van der Waals surface area contributed by atoms with Crippen molar-refractivity contribution in [1.29, 1.82) is 5.26 Å². The van der Waals surface area contributed by atoms with E-state index in [0.717, 1.165) is 6.26 Å². The maximum Gasteiger partial charge on any atom is 0.250 e. The van der Waals surface area contributed by atoms with E-state index < -0.39 is 15.7 Å². The molecule has 0 aliphatic carbocycles. The topological polar surface area (TPSA) is 123 Å². The Labute approximate surface area is 194 Å². The maximum atomic E-state index is 12.2. The van der Waals surface area contributed by atoms with Crippen LogP contribution in [-0.2, 0) is 9.84 Å². The SMILES string of the molecule is CS(=O)(=O)c1cccc(Oc2ccc(Cl)c(-c3c(C(N)=O)cnc4c(C#N)cccc34)c2)c1. The van der Waals surface area contributed by atoms with Crippen molar-refractivity contribution in [2.75, 3.05) is 6.26 Å². The number of sulfone groups is 1. The summed E-state index contributed by atoms with van der Waals surface area (Å²) >= 11 is 6.50. The molecule has 0 aliphatic heterocycles. The zero-order valence-corrected chi connectivity index (χ0v) is 18.8. The molecule has 1 heterocycles. The van der Waals surface area contributed by atoms with Crippen molar-refractivity contribution in [3.63, 3.8) is 0 Å². The molecule has 0 saturated carbocycles. The van der Waals surface area contributed by atoms with Crippen LogP contribution in [-0.4, -0.2) is 25.6 Å². The summed E-state index contributed by atoms with van der Waals surface area (Å²) < 4.78 is 29.6. The van der Waals surface area contributed by atoms with Gasteiger partial charge in [0.2, 0.25) is 0 Å². The summed E-state index contributed by atoms with van der Waals surface area (Å²) in [5, 5.41) is 10.3. The fraction of sp³-hybridized carbons (Fsp3) is 0.0417. The summed E-state index contributed by atoms with van der Waals surface area (Å²) in [6.07, 6.45) is 2.43. The molecule has 4 aromatic rings. The van der Waals surface area contributed by atoms with Crippen LogP contribution in [0.2, 0.25) is 5.02 Å². The van der Waals surface area contributed by atoms with Gasteiger partial charge in [0.25, 0.3) is 5.91 Å². The minimum atomic E-state index is -3.41. The molecule has 9 heteroatoms. The number of nitrogens with two attached hydrogens (primary N) is 1. The molecule has 0 radical (unpaired) electrons. The molecule has 0 bridgehead atoms. The summed E-state index contributed by atoms with van der Waals surface area (Å²) in [4.78, 5) is 16.6. The van der Waals surface area contributed by atoms with Gasteiger partial charge in [0.15, 0.2) is 9.84 Å². The van der Waals surface area contributed by atoms with Gasteiger partial charge in [-0.15, -0.1) is 0 Å². The molecule has 1 aromatic heterocycles. The number of carbonyl (C=O) groups is 1. The molecule has 0 spiro atoms. The fourth-order valence-electron chi connectivity index (χ4n) is 3.45. The van der Waals surface area contributed by atoms with Crippen molar-refractivity contribution in [1.82, 2.24) is 4.98 Å². The molecular weight excluding hydrogens is 462 g/mol. The van der Waals surface area contributed by atoms with Gasteiger partial charge in [-0.3, -0.25) is 9.78 Å². The molecule has 1 amide bonds. The molecule has 0 atom stereocenters. The monoisotopic (exact) mass is 477 g/mol. The van der Waals surface area contributed by atoms with Crippen molar-refractivity contribution >= 4 is 38.2 Å². The fourth-order valence-corrected chi connectivity index (χ4v) is 4.32. The highest BCUT2D eigenvalue weighted by Gasteiger charge is 2.19. The first-order valence-electron chi connectivity index (χ1n) is 9.58. The third-order valence-electron chi connectivity index (χ3n) is 4.96. The van der Waals surface area contributed by atoms with E-state index in [2.05, 4.69) is 11.1 Å². The maximum absolute atomic E-state index is 12.2. The van der Waals surface area contributed by atoms with Crippen LogP contribution in [0.3, 0.4) is 0 Å². The standard InChI is InChI=1S/C24H16ClN3O4S/c1-33(30,31)17-6-3-5-15(10-17)32-16-8-9-21(25)19(11-16)22-18-7-2-4-14(12-26)23(18)28-13-20(22)24(27)29/h2-11,13H,1H3,(H2,27,29). The van der Waals surface area contributed by atoms with Crippen molar-refractivity contribution < 1.29 is 17.9 Å². The quantitative estimate of drug-likeness (QED) is 0.443. The van der Waals surface area contributed by atoms with E-state index in [1.165, 1.54) is 18.3 Å². The van der Waals surface area contributed by atoms with E-state index in [-0.39, 0.29) is 10.5 Å². The smallest absolute Gasteiger partial charge is 0.250 e. The second-order valence-corrected chi connectivity index (χ2v) is 9.64. The highest BCUT2D eigenvalue weighted by molar-refractivity contribution is 7.90. The zero-order chi connectivity index (χ0) is 23.8. The van der Waals surface area contributed by atoms with E-state index in [9.17, 15) is 18.5 Å². The van der Waals surface area contributed by atoms with E-state index in [4.69, 9.17) is 22.1 Å². The Morgan fingerprint density at radius 1 is 1.09 bits per heavy atom. The summed E-state index contributed by atoms with van der Waals surface area (Å²) in [5.41, 5.74) is 7.36. The van der Waals surface area contributed by atoms with Gasteiger partial charge in [0.1, 0.15) is 17.6 Å². The number of para-hydroxylation sites is 1. The first kappa shape index (κ1) is 22.3. The van der Waals surface area contributed by atoms with Crippen molar-refractivity contribution in [3.05, 3.63) is 83.0 Å². The third kappa shape index (κ3) is 4.37. The first-order chi connectivity index (χ1) is 15.7. The van der Waals surface area contributed by atoms with E-state index in [1.54, 1.807) is 48.5 Å². The predicted molar refractivity (Wildman–Crippen MR) is 125 cm³/mol. The van der Waals surface area contributed by atoms with Crippen LogP contribution in [0.15, 0.2) is 71.8 Å². The number of primary amides is 1. The number of fused-ring (bicyclic) bond motifs is 1. The van der Waals surface area contributed by atoms with Gasteiger partial charge < -0.3 is 10.5 Å². The number of hydrogen-bond donors (Lipinski definition) is 1. The molecular formula is C24H16ClN3O4S. The average molecular weight is 478 g/mol. The number of carbonyl (C=O) groups excluding carboxylic acids is 1. The third-order valence-corrected chi connectivity index (χ3v) is 6.40. The van der Waals surface area contributed by atoms with Gasteiger partial charge in [0.05, 0.1) is 21.5 Å². The predicted octanol–water partition coefficient (Wildman–Crippen LogP) is 4.72. The molecule has 0 unspecified atom stereocenters. The minimum Gasteiger partial charge on any atom is -0.457 e. The van der Waals surface area contributed by atoms with E-state index >= 15 is 0 Å². The summed E-state index contributed by atoms with van der Waals surface area (Å²) in [7, 11) is -3.41. The van der Waals surface area contributed by atoms with Crippen LogP contribution in [0.5, 0.6) is 11.5 Å². The molecule has 164 valence electrons. The Hall–Kier alpha value is -3.93. The van der Waals surface area contributed by atoms with Gasteiger partial charge in [-0.2, -0.15) is 5.26 Å². The van der Waals surface area contributed by atoms with Crippen LogP contribution in [0, 0.1) is 11.3 Å². The lowest BCUT2D eigenvalue weighted by molar-refractivity contribution is 0.100. The van der Waals surface area contributed by atoms with Gasteiger partial charge in [-0.05, 0) is 42.5 Å². The Bertz CT molecular complexity index is 1580. The minimum absolute atomic E-state index is 0.120. The number of halogens is 1. The Balaban J connectivity index is 1.90. The lowest BCUT2D eigenvalue weighted by atomic mass is 9.94. The first-order valence-corrected chi connectivity index (χ1v) is 11.9. The second kappa shape index (κ2) is 8.54. The van der Waals surface area contributed by atoms with Gasteiger partial charge in [-0.25, -0.2) is 8.42 Å². The van der Waals surface area contributed by atoms with Crippen LogP contribution in [0.4, 0.5) is 0 Å². The highest BCUT2D eigenvalue weighted by Crippen LogP contribution is 2.39. The number of amides is 1. The zero-order valence-electron chi connectivity index (χ0n) is 17.2. The largest absolute Gasteiger partial charge is 0.457 e. The Morgan fingerprint density at radius 3 is 2.52 bits per heavy atom. The van der Waals surface area contributed by atoms with Gasteiger partial charge in [0, 0.05) is 34.0 Å².